The lowest BCUT2D eigenvalue weighted by molar-refractivity contribution is 0.262. The van der Waals surface area contributed by atoms with Gasteiger partial charge in [0.2, 0.25) is 0 Å². The first-order valence-electron chi connectivity index (χ1n) is 17.5. The summed E-state index contributed by atoms with van der Waals surface area (Å²) in [5.74, 6) is -1.22. The van der Waals surface area contributed by atoms with Gasteiger partial charge in [0.15, 0.2) is 11.5 Å². The lowest BCUT2D eigenvalue weighted by Crippen LogP contribution is -2.19. The highest BCUT2D eigenvalue weighted by molar-refractivity contribution is 7.86. The molecule has 7 aromatic rings. The maximum Gasteiger partial charge on any atom is 0.323 e. The highest BCUT2D eigenvalue weighted by Gasteiger charge is 2.25. The van der Waals surface area contributed by atoms with E-state index in [1.165, 1.54) is 49.6 Å². The normalized spacial score (nSPS) is 12.7. The third-order valence-corrected chi connectivity index (χ3v) is 12.8. The van der Waals surface area contributed by atoms with E-state index in [1.807, 2.05) is 0 Å². The van der Waals surface area contributed by atoms with Gasteiger partial charge >= 0.3 is 6.03 Å². The highest BCUT2D eigenvalue weighted by atomic mass is 32.2. The molecular weight excluding hydrogens is 925 g/mol. The number of anilines is 2. The summed E-state index contributed by atoms with van der Waals surface area (Å²) in [6.07, 6.45) is 0. The summed E-state index contributed by atoms with van der Waals surface area (Å²) in [5.41, 5.74) is -1.47. The van der Waals surface area contributed by atoms with Crippen molar-refractivity contribution < 1.29 is 71.6 Å². The molecule has 7 aromatic carbocycles. The molecule has 0 fully saturated rings. The summed E-state index contributed by atoms with van der Waals surface area (Å²) in [6, 6.07) is 19.5. The second-order valence-electron chi connectivity index (χ2n) is 13.4. The Morgan fingerprint density at radius 3 is 1.47 bits per heavy atom. The van der Waals surface area contributed by atoms with Crippen LogP contribution in [0.4, 0.5) is 38.9 Å². The number of nitrogens with one attached hydrogen (secondary N) is 2. The van der Waals surface area contributed by atoms with Crippen LogP contribution in [0.1, 0.15) is 0 Å². The van der Waals surface area contributed by atoms with E-state index in [4.69, 9.17) is 4.74 Å². The van der Waals surface area contributed by atoms with Crippen LogP contribution in [0.5, 0.6) is 17.2 Å². The van der Waals surface area contributed by atoms with Crippen molar-refractivity contribution in [3.05, 3.63) is 103 Å². The Hall–Kier alpha value is -7.17. The van der Waals surface area contributed by atoms with Gasteiger partial charge in [-0.2, -0.15) is 33.7 Å². The minimum Gasteiger partial charge on any atom is -0.505 e. The largest absolute Gasteiger partial charge is 0.505 e. The Labute approximate surface area is 361 Å². The number of aromatic hydroxyl groups is 2. The molecule has 7 rings (SSSR count). The molecular formula is C38H28N6O16S4. The molecule has 0 aliphatic rings. The number of hydrogen-bond acceptors (Lipinski definition) is 16. The third-order valence-electron chi connectivity index (χ3n) is 9.27. The van der Waals surface area contributed by atoms with Crippen LogP contribution in [0.3, 0.4) is 0 Å². The summed E-state index contributed by atoms with van der Waals surface area (Å²) >= 11 is 0. The van der Waals surface area contributed by atoms with Gasteiger partial charge in [-0.3, -0.25) is 18.2 Å². The second-order valence-corrected chi connectivity index (χ2v) is 18.9. The van der Waals surface area contributed by atoms with Crippen LogP contribution >= 0.6 is 0 Å². The summed E-state index contributed by atoms with van der Waals surface area (Å²) in [6.45, 7) is 0. The van der Waals surface area contributed by atoms with Crippen LogP contribution in [-0.2, 0) is 40.5 Å². The minimum absolute atomic E-state index is 0.0113. The molecule has 0 aliphatic carbocycles. The lowest BCUT2D eigenvalue weighted by Gasteiger charge is -2.13. The molecule has 0 aliphatic heterocycles. The molecule has 0 heterocycles. The Morgan fingerprint density at radius 2 is 0.984 bits per heavy atom. The SMILES string of the molecule is COc1ccccc1N=Nc1c(S(=O)(=O)O)cc2cc(NC(=O)Nc3ccc4c(O)c(N=Nc5ccc(S(=O)(=O)O)c6ccc(S(=O)(=O)O)cc56)c(S(=O)(=O)O)cc4c3)ccc2c1O. The maximum absolute atomic E-state index is 13.1. The number of nitrogens with zero attached hydrogens (tertiary/aromatic N) is 4. The monoisotopic (exact) mass is 952 g/mol. The molecule has 0 atom stereocenters. The number of amides is 2. The quantitative estimate of drug-likeness (QED) is 0.0449. The molecule has 0 radical (unpaired) electrons. The Bertz CT molecular complexity index is 3660. The molecule has 0 aromatic heterocycles. The number of urea groups is 1. The average Bonchev–Trinajstić information content (AvgIpc) is 3.21. The Balaban J connectivity index is 1.19. The van der Waals surface area contributed by atoms with E-state index in [1.54, 1.807) is 18.2 Å². The molecule has 0 spiro atoms. The van der Waals surface area contributed by atoms with Gasteiger partial charge in [0, 0.05) is 32.9 Å². The van der Waals surface area contributed by atoms with Crippen LogP contribution in [0.25, 0.3) is 32.3 Å². The fourth-order valence-electron chi connectivity index (χ4n) is 6.42. The number of para-hydroxylation sites is 1. The number of carbonyl (C=O) groups excluding carboxylic acids is 1. The summed E-state index contributed by atoms with van der Waals surface area (Å²) in [7, 11) is -18.6. The van der Waals surface area contributed by atoms with E-state index in [9.17, 15) is 66.9 Å². The van der Waals surface area contributed by atoms with Gasteiger partial charge in [-0.1, -0.05) is 18.2 Å². The molecule has 0 bridgehead atoms. The van der Waals surface area contributed by atoms with Crippen molar-refractivity contribution in [1.29, 1.82) is 0 Å². The zero-order chi connectivity index (χ0) is 46.5. The van der Waals surface area contributed by atoms with E-state index >= 15 is 0 Å². The summed E-state index contributed by atoms with van der Waals surface area (Å²) < 4.78 is 142. The van der Waals surface area contributed by atoms with Gasteiger partial charge in [-0.25, -0.2) is 4.79 Å². The fraction of sp³-hybridized carbons (Fsp3) is 0.0263. The summed E-state index contributed by atoms with van der Waals surface area (Å²) in [4.78, 5) is 9.95. The topological polar surface area (TPSA) is 358 Å². The van der Waals surface area contributed by atoms with Crippen LogP contribution in [0, 0.1) is 0 Å². The number of ether oxygens (including phenoxy) is 1. The molecule has 330 valence electrons. The number of methoxy groups -OCH3 is 1. The Kier molecular flexibility index (Phi) is 11.6. The number of phenols is 2. The number of benzene rings is 7. The van der Waals surface area contributed by atoms with E-state index in [-0.39, 0.29) is 60.8 Å². The Morgan fingerprint density at radius 1 is 0.500 bits per heavy atom. The van der Waals surface area contributed by atoms with Gasteiger partial charge in [-0.05, 0) is 95.7 Å². The van der Waals surface area contributed by atoms with Crippen molar-refractivity contribution in [3.8, 4) is 17.2 Å². The fourth-order valence-corrected chi connectivity index (χ4v) is 8.93. The van der Waals surface area contributed by atoms with Gasteiger partial charge in [-0.15, -0.1) is 20.5 Å². The number of hydrogen-bond donors (Lipinski definition) is 8. The van der Waals surface area contributed by atoms with E-state index in [2.05, 4.69) is 31.1 Å². The van der Waals surface area contributed by atoms with Gasteiger partial charge in [0.1, 0.15) is 37.5 Å². The average molecular weight is 953 g/mol. The summed E-state index contributed by atoms with van der Waals surface area (Å²) in [5, 5.41) is 42.1. The molecule has 0 saturated carbocycles. The smallest absolute Gasteiger partial charge is 0.323 e. The molecule has 0 saturated heterocycles. The first kappa shape index (κ1) is 44.9. The predicted molar refractivity (Wildman–Crippen MR) is 228 cm³/mol. The van der Waals surface area contributed by atoms with Crippen molar-refractivity contribution in [3.63, 3.8) is 0 Å². The molecule has 64 heavy (non-hydrogen) atoms. The predicted octanol–water partition coefficient (Wildman–Crippen LogP) is 8.03. The first-order chi connectivity index (χ1) is 29.9. The standard InChI is InChI=1S/C38H28N6O16S4/c1-60-30-5-3-2-4-29(30)42-44-35-33(64(57,58)59)17-20-15-22(7-10-25(20)37(35)46)40-38(47)39-21-6-9-24-19(14-21)16-32(63(54,55)56)34(36(24)45)43-41-28-12-13-31(62(51,52)53)26-11-8-23(18-27(26)28)61(48,49)50/h2-18,45-46H,1H3,(H2,39,40,47)(H,48,49,50)(H,51,52,53)(H,54,55,56)(H,57,58,59). The number of azo groups is 2. The van der Waals surface area contributed by atoms with Crippen molar-refractivity contribution in [2.24, 2.45) is 20.5 Å². The van der Waals surface area contributed by atoms with Crippen molar-refractivity contribution in [2.75, 3.05) is 17.7 Å². The molecule has 26 heteroatoms. The number of rotatable bonds is 11. The number of phenolic OH excluding ortho intramolecular Hbond substituents is 2. The van der Waals surface area contributed by atoms with Crippen molar-refractivity contribution >= 4 is 113 Å². The second kappa shape index (κ2) is 16.5. The molecule has 8 N–H and O–H groups in total. The van der Waals surface area contributed by atoms with Crippen LogP contribution in [-0.4, -0.2) is 75.2 Å². The van der Waals surface area contributed by atoms with Gasteiger partial charge in [0.25, 0.3) is 40.5 Å². The van der Waals surface area contributed by atoms with Crippen molar-refractivity contribution in [1.82, 2.24) is 0 Å². The third kappa shape index (κ3) is 9.14. The van der Waals surface area contributed by atoms with Crippen LogP contribution < -0.4 is 15.4 Å². The zero-order valence-electron chi connectivity index (χ0n) is 32.0. The van der Waals surface area contributed by atoms with Gasteiger partial charge in [0.05, 0.1) is 17.7 Å². The van der Waals surface area contributed by atoms with Crippen molar-refractivity contribution in [2.45, 2.75) is 19.6 Å². The number of carbonyl (C=O) groups is 1. The van der Waals surface area contributed by atoms with Crippen LogP contribution in [0.15, 0.2) is 143 Å². The lowest BCUT2D eigenvalue weighted by atomic mass is 10.1. The number of fused-ring (bicyclic) bond motifs is 3. The van der Waals surface area contributed by atoms with E-state index in [0.29, 0.717) is 0 Å². The molecule has 22 nitrogen and oxygen atoms in total. The molecule has 2 amide bonds. The van der Waals surface area contributed by atoms with E-state index < -0.39 is 89.0 Å². The van der Waals surface area contributed by atoms with Crippen LogP contribution in [0.2, 0.25) is 0 Å². The minimum atomic E-state index is -5.20. The van der Waals surface area contributed by atoms with E-state index in [0.717, 1.165) is 42.5 Å². The first-order valence-corrected chi connectivity index (χ1v) is 23.3. The van der Waals surface area contributed by atoms with Gasteiger partial charge < -0.3 is 25.6 Å². The maximum atomic E-state index is 13.1. The highest BCUT2D eigenvalue weighted by Crippen LogP contribution is 2.45. The molecule has 0 unspecified atom stereocenters. The zero-order valence-corrected chi connectivity index (χ0v) is 35.3.